The molecule has 0 unspecified atom stereocenters. The van der Waals surface area contributed by atoms with Gasteiger partial charge in [-0.25, -0.2) is 9.69 Å². The van der Waals surface area contributed by atoms with E-state index in [2.05, 4.69) is 6.92 Å². The standard InChI is InChI=1S/C26H32N2O7/c1-5-6-8-16-10-12-17(13-11-16)27-19(29)15-18(28(25(27)30)20-9-7-14-32-20)21-22(31-4)23-24(33-21)35-26(2,3)34-23/h7,9-14,18,21-24H,5-6,8,15H2,1-4H3/t18-,21+,22-,23+,24+/m0/s1. The lowest BCUT2D eigenvalue weighted by Gasteiger charge is -2.42. The van der Waals surface area contributed by atoms with Crippen molar-refractivity contribution in [1.82, 2.24) is 0 Å². The van der Waals surface area contributed by atoms with Gasteiger partial charge in [0.25, 0.3) is 0 Å². The molecule has 0 radical (unpaired) electrons. The predicted octanol–water partition coefficient (Wildman–Crippen LogP) is 4.25. The first kappa shape index (κ1) is 24.0. The van der Waals surface area contributed by atoms with Crippen molar-refractivity contribution in [3.63, 3.8) is 0 Å². The van der Waals surface area contributed by atoms with Crippen LogP contribution in [0.3, 0.4) is 0 Å². The van der Waals surface area contributed by atoms with Crippen LogP contribution in [0.2, 0.25) is 0 Å². The lowest BCUT2D eigenvalue weighted by molar-refractivity contribution is -0.219. The molecule has 2 aromatic rings. The Balaban J connectivity index is 1.44. The molecule has 188 valence electrons. The van der Waals surface area contributed by atoms with E-state index in [0.717, 1.165) is 19.3 Å². The SMILES string of the molecule is CCCCc1ccc(N2C(=O)C[C@@H]([C@H]3O[C@@H]4OC(C)(C)O[C@@H]4[C@H]3OC)N(c3ccco3)C2=O)cc1. The topological polar surface area (TPSA) is 90.7 Å². The number of amides is 3. The molecule has 3 fully saturated rings. The van der Waals surface area contributed by atoms with Gasteiger partial charge >= 0.3 is 6.03 Å². The van der Waals surface area contributed by atoms with Crippen LogP contribution >= 0.6 is 0 Å². The first-order chi connectivity index (χ1) is 16.8. The number of anilines is 2. The van der Waals surface area contributed by atoms with E-state index in [1.807, 2.05) is 38.1 Å². The number of fused-ring (bicyclic) bond motifs is 1. The Bertz CT molecular complexity index is 1050. The zero-order valence-electron chi connectivity index (χ0n) is 20.5. The molecule has 3 aliphatic heterocycles. The molecule has 3 saturated heterocycles. The number of unbranched alkanes of at least 4 members (excludes halogenated alkanes) is 1. The first-order valence-electron chi connectivity index (χ1n) is 12.2. The number of hydrogen-bond acceptors (Lipinski definition) is 7. The summed E-state index contributed by atoms with van der Waals surface area (Å²) in [6, 6.07) is 9.81. The number of imide groups is 1. The number of carbonyl (C=O) groups is 2. The number of hydrogen-bond donors (Lipinski definition) is 0. The molecule has 1 aromatic heterocycles. The summed E-state index contributed by atoms with van der Waals surface area (Å²) in [5.41, 5.74) is 1.70. The minimum Gasteiger partial charge on any atom is -0.448 e. The Morgan fingerprint density at radius 3 is 2.51 bits per heavy atom. The minimum absolute atomic E-state index is 0.0252. The second-order valence-electron chi connectivity index (χ2n) is 9.64. The van der Waals surface area contributed by atoms with Crippen molar-refractivity contribution >= 4 is 23.5 Å². The molecule has 35 heavy (non-hydrogen) atoms. The molecule has 0 N–H and O–H groups in total. The van der Waals surface area contributed by atoms with Crippen molar-refractivity contribution < 1.29 is 33.0 Å². The molecule has 3 aliphatic rings. The molecule has 4 heterocycles. The van der Waals surface area contributed by atoms with E-state index in [9.17, 15) is 9.59 Å². The van der Waals surface area contributed by atoms with Crippen LogP contribution in [0.15, 0.2) is 47.1 Å². The van der Waals surface area contributed by atoms with Gasteiger partial charge in [-0.3, -0.25) is 9.69 Å². The zero-order valence-corrected chi connectivity index (χ0v) is 20.5. The van der Waals surface area contributed by atoms with Crippen molar-refractivity contribution in [3.8, 4) is 0 Å². The normalized spacial score (nSPS) is 30.2. The highest BCUT2D eigenvalue weighted by Crippen LogP contribution is 2.42. The van der Waals surface area contributed by atoms with Crippen LogP contribution in [0.5, 0.6) is 0 Å². The summed E-state index contributed by atoms with van der Waals surface area (Å²) >= 11 is 0. The van der Waals surface area contributed by atoms with E-state index < -0.39 is 42.5 Å². The quantitative estimate of drug-likeness (QED) is 0.580. The van der Waals surface area contributed by atoms with Crippen LogP contribution in [-0.4, -0.2) is 55.5 Å². The van der Waals surface area contributed by atoms with E-state index in [4.69, 9.17) is 23.4 Å². The van der Waals surface area contributed by atoms with E-state index in [1.54, 1.807) is 19.2 Å². The smallest absolute Gasteiger partial charge is 0.338 e. The van der Waals surface area contributed by atoms with Crippen LogP contribution < -0.4 is 9.80 Å². The van der Waals surface area contributed by atoms with Gasteiger partial charge in [-0.1, -0.05) is 25.5 Å². The molecule has 1 aromatic carbocycles. The fourth-order valence-corrected chi connectivity index (χ4v) is 5.17. The summed E-state index contributed by atoms with van der Waals surface area (Å²) < 4.78 is 29.5. The highest BCUT2D eigenvalue weighted by Gasteiger charge is 2.59. The molecule has 9 nitrogen and oxygen atoms in total. The molecular weight excluding hydrogens is 452 g/mol. The van der Waals surface area contributed by atoms with Crippen LogP contribution in [0.4, 0.5) is 16.4 Å². The van der Waals surface area contributed by atoms with Gasteiger partial charge in [0, 0.05) is 13.2 Å². The molecule has 3 amide bonds. The van der Waals surface area contributed by atoms with Crippen LogP contribution in [0, 0.1) is 0 Å². The van der Waals surface area contributed by atoms with Crippen molar-refractivity contribution in [1.29, 1.82) is 0 Å². The number of urea groups is 1. The lowest BCUT2D eigenvalue weighted by atomic mass is 9.96. The number of benzene rings is 1. The van der Waals surface area contributed by atoms with E-state index in [0.29, 0.717) is 11.6 Å². The van der Waals surface area contributed by atoms with Crippen molar-refractivity contribution in [2.24, 2.45) is 0 Å². The van der Waals surface area contributed by atoms with Gasteiger partial charge in [0.1, 0.15) is 18.3 Å². The average molecular weight is 485 g/mol. The Labute approximate surface area is 204 Å². The third-order valence-corrected chi connectivity index (χ3v) is 6.80. The molecule has 5 rings (SSSR count). The second kappa shape index (κ2) is 9.39. The fourth-order valence-electron chi connectivity index (χ4n) is 5.17. The van der Waals surface area contributed by atoms with Gasteiger partial charge in [0.2, 0.25) is 11.8 Å². The number of methoxy groups -OCH3 is 1. The maximum absolute atomic E-state index is 13.8. The maximum atomic E-state index is 13.8. The van der Waals surface area contributed by atoms with E-state index in [-0.39, 0.29) is 12.3 Å². The summed E-state index contributed by atoms with van der Waals surface area (Å²) in [6.07, 6.45) is 2.36. The van der Waals surface area contributed by atoms with Crippen LogP contribution in [0.25, 0.3) is 0 Å². The summed E-state index contributed by atoms with van der Waals surface area (Å²) in [5.74, 6) is -0.799. The van der Waals surface area contributed by atoms with Crippen LogP contribution in [0.1, 0.15) is 45.6 Å². The monoisotopic (exact) mass is 484 g/mol. The summed E-state index contributed by atoms with van der Waals surface area (Å²) in [6.45, 7) is 5.77. The number of nitrogens with zero attached hydrogens (tertiary/aromatic N) is 2. The fraction of sp³-hybridized carbons (Fsp3) is 0.538. The first-order valence-corrected chi connectivity index (χ1v) is 12.2. The molecule has 0 aliphatic carbocycles. The Hall–Kier alpha value is -2.72. The lowest BCUT2D eigenvalue weighted by Crippen LogP contribution is -2.63. The Kier molecular flexibility index (Phi) is 6.43. The Morgan fingerprint density at radius 1 is 1.09 bits per heavy atom. The number of rotatable bonds is 7. The molecule has 5 atom stereocenters. The summed E-state index contributed by atoms with van der Waals surface area (Å²) in [7, 11) is 1.56. The third-order valence-electron chi connectivity index (χ3n) is 6.80. The summed E-state index contributed by atoms with van der Waals surface area (Å²) in [4.78, 5) is 29.9. The molecule has 0 spiro atoms. The van der Waals surface area contributed by atoms with Crippen molar-refractivity contribution in [2.45, 2.75) is 82.9 Å². The average Bonchev–Trinajstić information content (AvgIpc) is 3.52. The predicted molar refractivity (Wildman–Crippen MR) is 127 cm³/mol. The zero-order chi connectivity index (χ0) is 24.7. The van der Waals surface area contributed by atoms with E-state index >= 15 is 0 Å². The van der Waals surface area contributed by atoms with Gasteiger partial charge in [0.15, 0.2) is 12.1 Å². The van der Waals surface area contributed by atoms with Crippen molar-refractivity contribution in [3.05, 3.63) is 48.2 Å². The Morgan fingerprint density at radius 2 is 1.86 bits per heavy atom. The highest BCUT2D eigenvalue weighted by molar-refractivity contribution is 6.21. The number of ether oxygens (including phenoxy) is 4. The van der Waals surface area contributed by atoms with Gasteiger partial charge in [-0.2, -0.15) is 0 Å². The van der Waals surface area contributed by atoms with Crippen LogP contribution in [-0.2, 0) is 30.2 Å². The van der Waals surface area contributed by atoms with Gasteiger partial charge in [-0.05, 0) is 50.5 Å². The minimum atomic E-state index is -0.809. The number of aryl methyl sites for hydroxylation is 1. The van der Waals surface area contributed by atoms with Gasteiger partial charge in [-0.15, -0.1) is 0 Å². The van der Waals surface area contributed by atoms with E-state index in [1.165, 1.54) is 21.6 Å². The maximum Gasteiger partial charge on any atom is 0.338 e. The van der Waals surface area contributed by atoms with Crippen molar-refractivity contribution in [2.75, 3.05) is 16.9 Å². The molecular formula is C26H32N2O7. The summed E-state index contributed by atoms with van der Waals surface area (Å²) in [5, 5.41) is 0. The van der Waals surface area contributed by atoms with Gasteiger partial charge < -0.3 is 23.4 Å². The number of carbonyl (C=O) groups excluding carboxylic acids is 2. The second-order valence-corrected chi connectivity index (χ2v) is 9.64. The number of furan rings is 1. The molecule has 0 saturated carbocycles. The molecule has 9 heteroatoms. The molecule has 0 bridgehead atoms. The third kappa shape index (κ3) is 4.38. The largest absolute Gasteiger partial charge is 0.448 e. The highest BCUT2D eigenvalue weighted by atomic mass is 16.8. The van der Waals surface area contributed by atoms with Gasteiger partial charge in [0.05, 0.1) is 24.4 Å².